The topological polar surface area (TPSA) is 107 Å². The summed E-state index contributed by atoms with van der Waals surface area (Å²) in [5.74, 6) is 1.85. The fraction of sp³-hybridized carbons (Fsp3) is 0.196. The van der Waals surface area contributed by atoms with Gasteiger partial charge >= 0.3 is 0 Å². The number of nitrogens with one attached hydrogen (secondary N) is 1. The van der Waals surface area contributed by atoms with Gasteiger partial charge < -0.3 is 9.72 Å². The van der Waals surface area contributed by atoms with Gasteiger partial charge in [-0.3, -0.25) is 24.7 Å². The van der Waals surface area contributed by atoms with Crippen LogP contribution in [0.4, 0.5) is 0 Å². The number of aromatic nitrogens is 6. The Labute approximate surface area is 655 Å². The molecule has 5 heterocycles. The minimum Gasteiger partial charge on any atom is -0.457 e. The lowest BCUT2D eigenvalue weighted by molar-refractivity contribution is 0.103. The van der Waals surface area contributed by atoms with Crippen LogP contribution in [-0.2, 0) is 0 Å². The van der Waals surface area contributed by atoms with Crippen LogP contribution in [0.15, 0.2) is 298 Å². The third-order valence-corrected chi connectivity index (χ3v) is 17.6. The van der Waals surface area contributed by atoms with Crippen molar-refractivity contribution in [2.75, 3.05) is 0 Å². The van der Waals surface area contributed by atoms with E-state index in [2.05, 4.69) is 264 Å². The van der Waals surface area contributed by atoms with E-state index in [1.54, 1.807) is 6.33 Å². The first-order valence-electron chi connectivity index (χ1n) is 37.5. The molecule has 0 amide bonds. The molecule has 0 spiro atoms. The number of carbonyl (C=O) groups is 1. The summed E-state index contributed by atoms with van der Waals surface area (Å²) in [6, 6.07) is 92.9. The molecule has 0 saturated carbocycles. The van der Waals surface area contributed by atoms with E-state index in [0.717, 1.165) is 62.1 Å². The van der Waals surface area contributed by atoms with Crippen molar-refractivity contribution in [1.82, 2.24) is 29.9 Å². The van der Waals surface area contributed by atoms with Gasteiger partial charge in [-0.05, 0) is 266 Å². The van der Waals surface area contributed by atoms with Gasteiger partial charge in [-0.2, -0.15) is 0 Å². The highest BCUT2D eigenvalue weighted by Gasteiger charge is 2.08. The number of nitrogens with zero attached hydrogens (tertiary/aromatic N) is 5. The van der Waals surface area contributed by atoms with Gasteiger partial charge in [-0.15, -0.1) is 0 Å². The molecule has 1 N–H and O–H groups in total. The fourth-order valence-corrected chi connectivity index (χ4v) is 11.4. The second kappa shape index (κ2) is 43.5. The van der Waals surface area contributed by atoms with Crippen LogP contribution in [0, 0.1) is 138 Å². The Hall–Kier alpha value is -12.3. The maximum Gasteiger partial charge on any atom is 0.193 e. The summed E-state index contributed by atoms with van der Waals surface area (Å²) in [5.41, 5.74) is 28.2. The summed E-state index contributed by atoms with van der Waals surface area (Å²) >= 11 is 0. The smallest absolute Gasteiger partial charge is 0.193 e. The van der Waals surface area contributed by atoms with E-state index in [4.69, 9.17) is 4.74 Å². The Kier molecular flexibility index (Phi) is 33.6. The van der Waals surface area contributed by atoms with E-state index < -0.39 is 0 Å². The van der Waals surface area contributed by atoms with E-state index in [0.29, 0.717) is 0 Å². The van der Waals surface area contributed by atoms with Crippen LogP contribution in [0.2, 0.25) is 0 Å². The number of hydrogen-bond acceptors (Lipinski definition) is 7. The monoisotopic (exact) mass is 1450 g/mol. The van der Waals surface area contributed by atoms with Gasteiger partial charge in [0.15, 0.2) is 5.78 Å². The summed E-state index contributed by atoms with van der Waals surface area (Å²) in [6.45, 7) is 41.2. The number of pyridine rings is 4. The number of benzene rings is 11. The molecule has 560 valence electrons. The molecule has 110 heavy (non-hydrogen) atoms. The van der Waals surface area contributed by atoms with Crippen molar-refractivity contribution in [2.45, 2.75) is 138 Å². The highest BCUT2D eigenvalue weighted by molar-refractivity contribution is 6.09. The van der Waals surface area contributed by atoms with Crippen LogP contribution in [0.25, 0.3) is 43.4 Å². The van der Waals surface area contributed by atoms with Crippen molar-refractivity contribution in [3.63, 3.8) is 0 Å². The van der Waals surface area contributed by atoms with Crippen LogP contribution < -0.4 is 4.74 Å². The normalized spacial score (nSPS) is 10.0. The van der Waals surface area contributed by atoms with Crippen molar-refractivity contribution >= 4 is 49.1 Å². The van der Waals surface area contributed by atoms with Gasteiger partial charge in [0, 0.05) is 63.3 Å². The third-order valence-electron chi connectivity index (χ3n) is 17.6. The molecule has 0 aliphatic carbocycles. The third kappa shape index (κ3) is 29.8. The average molecular weight is 1450 g/mol. The van der Waals surface area contributed by atoms with E-state index in [1.165, 1.54) is 116 Å². The minimum absolute atomic E-state index is 0.0833. The second-order valence-corrected chi connectivity index (χ2v) is 28.5. The maximum absolute atomic E-state index is 12.1. The maximum atomic E-state index is 12.1. The number of imidazole rings is 1. The van der Waals surface area contributed by atoms with Gasteiger partial charge in [0.2, 0.25) is 0 Å². The lowest BCUT2D eigenvalue weighted by Crippen LogP contribution is -2.00. The summed E-state index contributed by atoms with van der Waals surface area (Å²) in [4.78, 5) is 35.9. The zero-order valence-electron chi connectivity index (χ0n) is 68.3. The van der Waals surface area contributed by atoms with Crippen LogP contribution in [-0.4, -0.2) is 35.7 Å². The van der Waals surface area contributed by atoms with Crippen LogP contribution in [0.5, 0.6) is 11.5 Å². The van der Waals surface area contributed by atoms with Gasteiger partial charge in [0.1, 0.15) is 11.5 Å². The van der Waals surface area contributed by atoms with Crippen molar-refractivity contribution in [3.05, 3.63) is 421 Å². The van der Waals surface area contributed by atoms with Crippen LogP contribution >= 0.6 is 0 Å². The van der Waals surface area contributed by atoms with Crippen molar-refractivity contribution < 1.29 is 9.53 Å². The molecule has 0 radical (unpaired) electrons. The van der Waals surface area contributed by atoms with Gasteiger partial charge in [0.25, 0.3) is 0 Å². The Morgan fingerprint density at radius 2 is 0.664 bits per heavy atom. The highest BCUT2D eigenvalue weighted by Crippen LogP contribution is 2.24. The number of rotatable bonds is 4. The molecule has 8 heteroatoms. The van der Waals surface area contributed by atoms with Gasteiger partial charge in [-0.1, -0.05) is 250 Å². The molecule has 11 aromatic carbocycles. The predicted molar refractivity (Wildman–Crippen MR) is 469 cm³/mol. The zero-order chi connectivity index (χ0) is 79.7. The SMILES string of the molecule is Cc1ccc(C(=O)c2ccc(C)cc2)cc1.Cc1ccc(Oc2cccc(C)c2)cc1.Cc1ccc2cc(C)ccc2c1.Cc1ccc2nc(C)ccc2c1.Cc1ccc2ncc(C)cc2c1.Cc1cccc(C)c1.Cc1cccc(C)n1.Cc1cccc2c(C)cccc12.Cc1cncc(C)c1.Cc1nc[nH]c1C. The van der Waals surface area contributed by atoms with Gasteiger partial charge in [-0.25, -0.2) is 4.98 Å². The number of aromatic amines is 1. The number of hydrogen-bond donors (Lipinski definition) is 1. The Bertz CT molecular complexity index is 5080. The van der Waals surface area contributed by atoms with Crippen LogP contribution in [0.3, 0.4) is 0 Å². The molecule has 16 rings (SSSR count). The summed E-state index contributed by atoms with van der Waals surface area (Å²) in [5, 5.41) is 7.87. The first kappa shape index (κ1) is 85.0. The standard InChI is InChI=1S/C15H14O.C14H14O.2C12H12.2C11H11N.C8H10.2C7H9N.C5H8N2/c1-11-3-7-13(8-4-11)15(16)14-9-5-12(2)6-10-14;1-11-6-8-13(9-7-11)15-14-5-3-4-12(2)10-14;1-9-3-5-12-8-10(2)4-6-11(12)7-9;1-9-5-3-8-12-10(2)6-4-7-11(9)12;1-8-3-6-11-10(7-8)5-4-9(2)12-11;1-8-3-4-11-10(5-8)6-9(2)7-12-11;1-7-4-3-5-8(2)6-7;1-6-3-7(2)5-8-4-6;1-6-4-3-5-7(2)8-6;1-4-5(2)7-3-6-4/h3-10H,1-2H3;3-10H,1-2H3;2*3-8H,1-2H3;2*3-7H,1-2H3;3-6H,1-2H3;2*3-5H,1-2H3;3H,1-2H3,(H,6,7). The molecular formula is C102H110N6O2. The van der Waals surface area contributed by atoms with Crippen molar-refractivity contribution in [3.8, 4) is 11.5 Å². The van der Waals surface area contributed by atoms with E-state index in [-0.39, 0.29) is 5.78 Å². The van der Waals surface area contributed by atoms with Crippen LogP contribution in [0.1, 0.15) is 128 Å². The van der Waals surface area contributed by atoms with E-state index in [9.17, 15) is 4.79 Å². The number of aryl methyl sites for hydroxylation is 20. The first-order valence-corrected chi connectivity index (χ1v) is 37.5. The molecule has 0 unspecified atom stereocenters. The number of H-pyrrole nitrogens is 1. The largest absolute Gasteiger partial charge is 0.457 e. The van der Waals surface area contributed by atoms with E-state index >= 15 is 0 Å². The predicted octanol–water partition coefficient (Wildman–Crippen LogP) is 27.0. The number of ketones is 1. The molecule has 5 aromatic heterocycles. The number of carbonyl (C=O) groups excluding carboxylic acids is 1. The lowest BCUT2D eigenvalue weighted by atomic mass is 10.0. The Balaban J connectivity index is 0.000000172. The molecule has 0 fully saturated rings. The molecular weight excluding hydrogens is 1340 g/mol. The Morgan fingerprint density at radius 1 is 0.282 bits per heavy atom. The highest BCUT2D eigenvalue weighted by atomic mass is 16.5. The summed E-state index contributed by atoms with van der Waals surface area (Å²) in [7, 11) is 0. The zero-order valence-corrected chi connectivity index (χ0v) is 68.3. The number of ether oxygens (including phenoxy) is 1. The second-order valence-electron chi connectivity index (χ2n) is 28.5. The van der Waals surface area contributed by atoms with Crippen molar-refractivity contribution in [2.24, 2.45) is 0 Å². The average Bonchev–Trinajstić information content (AvgIpc) is 0.938. The molecule has 0 aliphatic rings. The molecule has 8 nitrogen and oxygen atoms in total. The molecule has 0 bridgehead atoms. The van der Waals surface area contributed by atoms with E-state index in [1.807, 2.05) is 196 Å². The molecule has 16 aromatic rings. The molecule has 0 aliphatic heterocycles. The quantitative estimate of drug-likeness (QED) is 0.175. The molecule has 0 atom stereocenters. The van der Waals surface area contributed by atoms with Gasteiger partial charge in [0.05, 0.1) is 23.1 Å². The first-order chi connectivity index (χ1) is 52.6. The fourth-order valence-electron chi connectivity index (χ4n) is 11.4. The Morgan fingerprint density at radius 3 is 1.09 bits per heavy atom. The summed E-state index contributed by atoms with van der Waals surface area (Å²) in [6.07, 6.45) is 7.31. The minimum atomic E-state index is 0.0833. The van der Waals surface area contributed by atoms with Crippen molar-refractivity contribution in [1.29, 1.82) is 0 Å². The lowest BCUT2D eigenvalue weighted by Gasteiger charge is -2.06. The molecule has 0 saturated heterocycles. The number of fused-ring (bicyclic) bond motifs is 4. The summed E-state index contributed by atoms with van der Waals surface area (Å²) < 4.78 is 5.71.